The van der Waals surface area contributed by atoms with Crippen LogP contribution in [0.4, 0.5) is 11.4 Å². The number of hydrogen-bond donors (Lipinski definition) is 6. The maximum atomic E-state index is 12.1. The van der Waals surface area contributed by atoms with Gasteiger partial charge in [0, 0.05) is 6.42 Å². The van der Waals surface area contributed by atoms with Crippen molar-refractivity contribution in [2.24, 2.45) is 0 Å². The average Bonchev–Trinajstić information content (AvgIpc) is 2.76. The topological polar surface area (TPSA) is 199 Å². The zero-order chi connectivity index (χ0) is 25.3. The second kappa shape index (κ2) is 11.8. The first-order valence-electron chi connectivity index (χ1n) is 9.85. The molecule has 0 aliphatic rings. The lowest BCUT2D eigenvalue weighted by Gasteiger charge is -2.15. The molecule has 2 aromatic rings. The van der Waals surface area contributed by atoms with Gasteiger partial charge in [0.2, 0.25) is 17.7 Å². The molecule has 178 valence electrons. The Hall–Kier alpha value is -4.74. The third-order valence-corrected chi connectivity index (χ3v) is 4.48. The maximum absolute atomic E-state index is 12.1. The fourth-order valence-electron chi connectivity index (χ4n) is 2.89. The van der Waals surface area contributed by atoms with Crippen LogP contribution in [0.3, 0.4) is 0 Å². The monoisotopic (exact) mass is 471 g/mol. The first-order valence-corrected chi connectivity index (χ1v) is 9.85. The standard InChI is InChI=1S/C22H21N3O9/c26-17(23-14-7-3-1-5-12(14)20(29)30)10-9-16(22(33)34)25-19(28)11-18(27)24-15-8-4-2-6-13(15)21(31)32/h1-8,16H,9-11H2,(H,23,26)(H,24,27)(H,25,28)(H,29,30)(H,31,32)(H,33,34)/t16-/m0/s1. The van der Waals surface area contributed by atoms with Gasteiger partial charge in [-0.05, 0) is 30.7 Å². The highest BCUT2D eigenvalue weighted by Gasteiger charge is 2.23. The molecular formula is C22H21N3O9. The number of carboxylic acid groups (broad SMARTS) is 3. The first-order chi connectivity index (χ1) is 16.1. The van der Waals surface area contributed by atoms with Crippen LogP contribution >= 0.6 is 0 Å². The van der Waals surface area contributed by atoms with E-state index in [0.29, 0.717) is 0 Å². The number of nitrogens with one attached hydrogen (secondary N) is 3. The van der Waals surface area contributed by atoms with Crippen molar-refractivity contribution >= 4 is 47.0 Å². The molecule has 0 unspecified atom stereocenters. The molecule has 2 rings (SSSR count). The van der Waals surface area contributed by atoms with Gasteiger partial charge in [-0.25, -0.2) is 14.4 Å². The van der Waals surface area contributed by atoms with E-state index in [1.807, 2.05) is 0 Å². The third kappa shape index (κ3) is 7.44. The van der Waals surface area contributed by atoms with E-state index in [-0.39, 0.29) is 35.3 Å². The Kier molecular flexibility index (Phi) is 8.83. The second-order valence-corrected chi connectivity index (χ2v) is 6.97. The Labute approximate surface area is 192 Å². The van der Waals surface area contributed by atoms with E-state index in [1.165, 1.54) is 48.5 Å². The summed E-state index contributed by atoms with van der Waals surface area (Å²) in [6.07, 6.45) is -1.47. The number of carbonyl (C=O) groups excluding carboxylic acids is 3. The molecule has 3 amide bonds. The predicted molar refractivity (Wildman–Crippen MR) is 117 cm³/mol. The Balaban J connectivity index is 1.91. The van der Waals surface area contributed by atoms with Crippen molar-refractivity contribution in [1.82, 2.24) is 5.32 Å². The van der Waals surface area contributed by atoms with Gasteiger partial charge in [0.15, 0.2) is 0 Å². The van der Waals surface area contributed by atoms with Gasteiger partial charge in [-0.3, -0.25) is 14.4 Å². The largest absolute Gasteiger partial charge is 0.480 e. The molecule has 0 aliphatic heterocycles. The molecule has 1 atom stereocenters. The summed E-state index contributed by atoms with van der Waals surface area (Å²) in [4.78, 5) is 70.2. The Morgan fingerprint density at radius 1 is 0.676 bits per heavy atom. The fraction of sp³-hybridized carbons (Fsp3) is 0.182. The highest BCUT2D eigenvalue weighted by Crippen LogP contribution is 2.16. The van der Waals surface area contributed by atoms with Gasteiger partial charge in [0.05, 0.1) is 22.5 Å². The first kappa shape index (κ1) is 25.5. The van der Waals surface area contributed by atoms with Crippen LogP contribution in [0.1, 0.15) is 40.0 Å². The van der Waals surface area contributed by atoms with Gasteiger partial charge in [-0.2, -0.15) is 0 Å². The highest BCUT2D eigenvalue weighted by atomic mass is 16.4. The van der Waals surface area contributed by atoms with Crippen molar-refractivity contribution < 1.29 is 44.1 Å². The lowest BCUT2D eigenvalue weighted by molar-refractivity contribution is -0.142. The highest BCUT2D eigenvalue weighted by molar-refractivity contribution is 6.07. The number of amides is 3. The number of benzene rings is 2. The van der Waals surface area contributed by atoms with Crippen LogP contribution in [0.2, 0.25) is 0 Å². The number of aliphatic carboxylic acids is 1. The van der Waals surface area contributed by atoms with Crippen LogP contribution in [0.25, 0.3) is 0 Å². The van der Waals surface area contributed by atoms with Crippen LogP contribution in [-0.4, -0.2) is 57.0 Å². The van der Waals surface area contributed by atoms with E-state index < -0.39 is 48.1 Å². The molecule has 0 saturated carbocycles. The van der Waals surface area contributed by atoms with Crippen molar-refractivity contribution in [3.8, 4) is 0 Å². The van der Waals surface area contributed by atoms with E-state index in [4.69, 9.17) is 10.2 Å². The number of rotatable bonds is 11. The zero-order valence-corrected chi connectivity index (χ0v) is 17.6. The molecule has 34 heavy (non-hydrogen) atoms. The quantitative estimate of drug-likeness (QED) is 0.262. The smallest absolute Gasteiger partial charge is 0.337 e. The van der Waals surface area contributed by atoms with Gasteiger partial charge in [-0.15, -0.1) is 0 Å². The molecule has 0 radical (unpaired) electrons. The lowest BCUT2D eigenvalue weighted by atomic mass is 10.1. The van der Waals surface area contributed by atoms with Gasteiger partial charge in [0.1, 0.15) is 12.5 Å². The molecular weight excluding hydrogens is 450 g/mol. The summed E-state index contributed by atoms with van der Waals surface area (Å²) in [5.74, 6) is -6.46. The second-order valence-electron chi connectivity index (χ2n) is 6.97. The van der Waals surface area contributed by atoms with E-state index in [0.717, 1.165) is 0 Å². The number of carbonyl (C=O) groups is 6. The summed E-state index contributed by atoms with van der Waals surface area (Å²) < 4.78 is 0. The molecule has 0 saturated heterocycles. The van der Waals surface area contributed by atoms with Gasteiger partial charge < -0.3 is 31.3 Å². The van der Waals surface area contributed by atoms with E-state index in [2.05, 4.69) is 16.0 Å². The van der Waals surface area contributed by atoms with Crippen LogP contribution in [0, 0.1) is 0 Å². The number of aromatic carboxylic acids is 2. The van der Waals surface area contributed by atoms with Crippen molar-refractivity contribution in [2.45, 2.75) is 25.3 Å². The van der Waals surface area contributed by atoms with Crippen LogP contribution in [-0.2, 0) is 19.2 Å². The van der Waals surface area contributed by atoms with Crippen LogP contribution in [0.15, 0.2) is 48.5 Å². The maximum Gasteiger partial charge on any atom is 0.337 e. The molecule has 0 bridgehead atoms. The molecule has 0 fully saturated rings. The Bertz CT molecular complexity index is 1130. The minimum absolute atomic E-state index is 0.0269. The normalized spacial score (nSPS) is 11.1. The summed E-state index contributed by atoms with van der Waals surface area (Å²) in [6.45, 7) is 0. The average molecular weight is 471 g/mol. The zero-order valence-electron chi connectivity index (χ0n) is 17.6. The van der Waals surface area contributed by atoms with Crippen molar-refractivity contribution in [3.05, 3.63) is 59.7 Å². The number of hydrogen-bond acceptors (Lipinski definition) is 6. The third-order valence-electron chi connectivity index (χ3n) is 4.48. The number of anilines is 2. The molecule has 0 heterocycles. The minimum atomic E-state index is -1.49. The molecule has 0 aliphatic carbocycles. The lowest BCUT2D eigenvalue weighted by Crippen LogP contribution is -2.42. The van der Waals surface area contributed by atoms with Gasteiger partial charge in [-0.1, -0.05) is 24.3 Å². The van der Waals surface area contributed by atoms with Crippen molar-refractivity contribution in [3.63, 3.8) is 0 Å². The summed E-state index contributed by atoms with van der Waals surface area (Å²) in [5.41, 5.74) is -0.320. The molecule has 2 aromatic carbocycles. The Morgan fingerprint density at radius 2 is 1.15 bits per heavy atom. The van der Waals surface area contributed by atoms with Crippen molar-refractivity contribution in [2.75, 3.05) is 10.6 Å². The van der Waals surface area contributed by atoms with Gasteiger partial charge >= 0.3 is 17.9 Å². The van der Waals surface area contributed by atoms with Crippen molar-refractivity contribution in [1.29, 1.82) is 0 Å². The fourth-order valence-corrected chi connectivity index (χ4v) is 2.89. The van der Waals surface area contributed by atoms with E-state index in [1.54, 1.807) is 0 Å². The molecule has 12 nitrogen and oxygen atoms in total. The van der Waals surface area contributed by atoms with Crippen LogP contribution in [0.5, 0.6) is 0 Å². The van der Waals surface area contributed by atoms with E-state index in [9.17, 15) is 33.9 Å². The summed E-state index contributed by atoms with van der Waals surface area (Å²) in [5, 5.41) is 34.4. The molecule has 6 N–H and O–H groups in total. The summed E-state index contributed by atoms with van der Waals surface area (Å²) >= 11 is 0. The summed E-state index contributed by atoms with van der Waals surface area (Å²) in [7, 11) is 0. The Morgan fingerprint density at radius 3 is 1.62 bits per heavy atom. The molecule has 12 heteroatoms. The summed E-state index contributed by atoms with van der Waals surface area (Å²) in [6, 6.07) is 9.71. The number of carboxylic acids is 3. The predicted octanol–water partition coefficient (Wildman–Crippen LogP) is 1.40. The SMILES string of the molecule is O=C(CC[C@H](NC(=O)CC(=O)Nc1ccccc1C(=O)O)C(=O)O)Nc1ccccc1C(=O)O. The molecule has 0 aromatic heterocycles. The minimum Gasteiger partial charge on any atom is -0.480 e. The van der Waals surface area contributed by atoms with Crippen LogP contribution < -0.4 is 16.0 Å². The molecule has 0 spiro atoms. The van der Waals surface area contributed by atoms with E-state index >= 15 is 0 Å². The van der Waals surface area contributed by atoms with Gasteiger partial charge in [0.25, 0.3) is 0 Å². The number of para-hydroxylation sites is 2.